The van der Waals surface area contributed by atoms with Gasteiger partial charge in [-0.1, -0.05) is 19.4 Å². The molecule has 1 aromatic rings. The van der Waals surface area contributed by atoms with Gasteiger partial charge in [0.05, 0.1) is 7.11 Å². The topological polar surface area (TPSA) is 35.2 Å². The summed E-state index contributed by atoms with van der Waals surface area (Å²) in [4.78, 5) is 0. The first kappa shape index (κ1) is 13.0. The number of ether oxygens (including phenoxy) is 1. The van der Waals surface area contributed by atoms with Crippen molar-refractivity contribution in [3.05, 3.63) is 28.8 Å². The summed E-state index contributed by atoms with van der Waals surface area (Å²) >= 11 is 0. The van der Waals surface area contributed by atoms with Crippen LogP contribution in [0.2, 0.25) is 0 Å². The van der Waals surface area contributed by atoms with E-state index in [1.54, 1.807) is 7.11 Å². The highest BCUT2D eigenvalue weighted by Gasteiger charge is 2.10. The molecular formula is C14H23NO. The van der Waals surface area contributed by atoms with Gasteiger partial charge in [-0.15, -0.1) is 0 Å². The number of rotatable bonds is 5. The van der Waals surface area contributed by atoms with Gasteiger partial charge in [-0.2, -0.15) is 0 Å². The maximum absolute atomic E-state index is 5.75. The molecule has 16 heavy (non-hydrogen) atoms. The van der Waals surface area contributed by atoms with Crippen LogP contribution in [0.15, 0.2) is 12.1 Å². The molecule has 0 saturated carbocycles. The van der Waals surface area contributed by atoms with Crippen LogP contribution in [0.25, 0.3) is 0 Å². The van der Waals surface area contributed by atoms with Crippen molar-refractivity contribution >= 4 is 0 Å². The van der Waals surface area contributed by atoms with E-state index in [1.807, 2.05) is 0 Å². The van der Waals surface area contributed by atoms with E-state index in [-0.39, 0.29) is 0 Å². The third-order valence-corrected chi connectivity index (χ3v) is 3.49. The molecule has 2 heteroatoms. The number of nitrogens with two attached hydrogens (primary N) is 1. The molecule has 0 aliphatic heterocycles. The van der Waals surface area contributed by atoms with Crippen LogP contribution in [0.1, 0.15) is 30.0 Å². The Morgan fingerprint density at radius 3 is 2.44 bits per heavy atom. The van der Waals surface area contributed by atoms with Crippen molar-refractivity contribution in [2.75, 3.05) is 13.7 Å². The number of methoxy groups -OCH3 is 1. The maximum atomic E-state index is 5.75. The summed E-state index contributed by atoms with van der Waals surface area (Å²) in [7, 11) is 1.72. The second-order valence-electron chi connectivity index (χ2n) is 4.39. The summed E-state index contributed by atoms with van der Waals surface area (Å²) < 4.78 is 5.31. The van der Waals surface area contributed by atoms with Crippen molar-refractivity contribution in [1.29, 1.82) is 0 Å². The first-order valence-electron chi connectivity index (χ1n) is 5.97. The largest absolute Gasteiger partial charge is 0.496 e. The Kier molecular flexibility index (Phi) is 4.81. The lowest BCUT2D eigenvalue weighted by atomic mass is 9.92. The van der Waals surface area contributed by atoms with E-state index in [2.05, 4.69) is 32.9 Å². The molecule has 0 heterocycles. The molecule has 0 radical (unpaired) electrons. The van der Waals surface area contributed by atoms with Crippen molar-refractivity contribution in [3.63, 3.8) is 0 Å². The molecule has 2 N–H and O–H groups in total. The van der Waals surface area contributed by atoms with Gasteiger partial charge >= 0.3 is 0 Å². The van der Waals surface area contributed by atoms with Gasteiger partial charge in [0.25, 0.3) is 0 Å². The molecule has 1 unspecified atom stereocenters. The zero-order valence-corrected chi connectivity index (χ0v) is 10.8. The summed E-state index contributed by atoms with van der Waals surface area (Å²) in [6.07, 6.45) is 2.21. The van der Waals surface area contributed by atoms with Gasteiger partial charge in [0.2, 0.25) is 0 Å². The lowest BCUT2D eigenvalue weighted by Crippen LogP contribution is -2.16. The summed E-state index contributed by atoms with van der Waals surface area (Å²) in [5, 5.41) is 0. The molecule has 0 saturated heterocycles. The summed E-state index contributed by atoms with van der Waals surface area (Å²) in [5.74, 6) is 1.56. The van der Waals surface area contributed by atoms with E-state index in [0.29, 0.717) is 5.92 Å². The molecule has 1 rings (SSSR count). The van der Waals surface area contributed by atoms with Crippen LogP contribution in [0.4, 0.5) is 0 Å². The fourth-order valence-corrected chi connectivity index (χ4v) is 2.00. The van der Waals surface area contributed by atoms with Gasteiger partial charge < -0.3 is 10.5 Å². The molecule has 0 aromatic heterocycles. The van der Waals surface area contributed by atoms with Gasteiger partial charge in [-0.05, 0) is 55.5 Å². The first-order chi connectivity index (χ1) is 7.63. The minimum absolute atomic E-state index is 0.589. The molecule has 1 atom stereocenters. The minimum atomic E-state index is 0.589. The predicted octanol–water partition coefficient (Wildman–Crippen LogP) is 2.84. The normalized spacial score (nSPS) is 12.6. The van der Waals surface area contributed by atoms with E-state index in [4.69, 9.17) is 10.5 Å². The third-order valence-electron chi connectivity index (χ3n) is 3.49. The molecule has 0 amide bonds. The van der Waals surface area contributed by atoms with E-state index in [1.165, 1.54) is 16.7 Å². The van der Waals surface area contributed by atoms with Crippen LogP contribution in [-0.4, -0.2) is 13.7 Å². The summed E-state index contributed by atoms with van der Waals surface area (Å²) in [5.41, 5.74) is 9.73. The molecule has 0 aliphatic rings. The zero-order valence-electron chi connectivity index (χ0n) is 10.8. The van der Waals surface area contributed by atoms with Crippen LogP contribution in [0.5, 0.6) is 5.75 Å². The average Bonchev–Trinajstić information content (AvgIpc) is 2.31. The lowest BCUT2D eigenvalue weighted by molar-refractivity contribution is 0.410. The Hall–Kier alpha value is -1.02. The van der Waals surface area contributed by atoms with E-state index < -0.39 is 0 Å². The summed E-state index contributed by atoms with van der Waals surface area (Å²) in [6.45, 7) is 7.24. The van der Waals surface area contributed by atoms with Crippen molar-refractivity contribution in [2.45, 2.75) is 33.6 Å². The van der Waals surface area contributed by atoms with Crippen LogP contribution < -0.4 is 10.5 Å². The quantitative estimate of drug-likeness (QED) is 0.829. The standard InChI is InChI=1S/C14H23NO/c1-5-12(9-15)8-13-6-7-14(16-4)11(3)10(13)2/h6-7,12H,5,8-9,15H2,1-4H3. The van der Waals surface area contributed by atoms with E-state index >= 15 is 0 Å². The fourth-order valence-electron chi connectivity index (χ4n) is 2.00. The molecule has 0 aliphatic carbocycles. The molecule has 2 nitrogen and oxygen atoms in total. The van der Waals surface area contributed by atoms with Crippen LogP contribution in [-0.2, 0) is 6.42 Å². The van der Waals surface area contributed by atoms with Gasteiger partial charge in [0.1, 0.15) is 5.75 Å². The maximum Gasteiger partial charge on any atom is 0.122 e. The fraction of sp³-hybridized carbons (Fsp3) is 0.571. The van der Waals surface area contributed by atoms with E-state index in [9.17, 15) is 0 Å². The van der Waals surface area contributed by atoms with Crippen molar-refractivity contribution in [3.8, 4) is 5.75 Å². The highest BCUT2D eigenvalue weighted by Crippen LogP contribution is 2.25. The van der Waals surface area contributed by atoms with E-state index in [0.717, 1.165) is 25.1 Å². The Morgan fingerprint density at radius 1 is 1.25 bits per heavy atom. The lowest BCUT2D eigenvalue weighted by Gasteiger charge is -2.16. The number of benzene rings is 1. The Labute approximate surface area is 98.8 Å². The number of hydrogen-bond donors (Lipinski definition) is 1. The molecule has 1 aromatic carbocycles. The Bertz CT molecular complexity index is 343. The van der Waals surface area contributed by atoms with Gasteiger partial charge in [0.15, 0.2) is 0 Å². The smallest absolute Gasteiger partial charge is 0.122 e. The zero-order chi connectivity index (χ0) is 12.1. The molecule has 90 valence electrons. The Morgan fingerprint density at radius 2 is 1.94 bits per heavy atom. The van der Waals surface area contributed by atoms with Gasteiger partial charge in [-0.3, -0.25) is 0 Å². The third kappa shape index (κ3) is 2.76. The van der Waals surface area contributed by atoms with Crippen molar-refractivity contribution in [1.82, 2.24) is 0 Å². The average molecular weight is 221 g/mol. The molecular weight excluding hydrogens is 198 g/mol. The van der Waals surface area contributed by atoms with Crippen LogP contribution >= 0.6 is 0 Å². The second-order valence-corrected chi connectivity index (χ2v) is 4.39. The highest BCUT2D eigenvalue weighted by atomic mass is 16.5. The predicted molar refractivity (Wildman–Crippen MR) is 69.0 cm³/mol. The van der Waals surface area contributed by atoms with Crippen LogP contribution in [0, 0.1) is 19.8 Å². The highest BCUT2D eigenvalue weighted by molar-refractivity contribution is 5.43. The Balaban J connectivity index is 2.94. The molecule has 0 bridgehead atoms. The number of hydrogen-bond acceptors (Lipinski definition) is 2. The van der Waals surface area contributed by atoms with Crippen LogP contribution in [0.3, 0.4) is 0 Å². The monoisotopic (exact) mass is 221 g/mol. The van der Waals surface area contributed by atoms with Gasteiger partial charge in [-0.25, -0.2) is 0 Å². The summed E-state index contributed by atoms with van der Waals surface area (Å²) in [6, 6.07) is 4.22. The molecule has 0 fully saturated rings. The van der Waals surface area contributed by atoms with Gasteiger partial charge in [0, 0.05) is 0 Å². The first-order valence-corrected chi connectivity index (χ1v) is 5.97. The molecule has 0 spiro atoms. The van der Waals surface area contributed by atoms with Crippen molar-refractivity contribution < 1.29 is 4.74 Å². The van der Waals surface area contributed by atoms with Crippen molar-refractivity contribution in [2.24, 2.45) is 11.7 Å². The minimum Gasteiger partial charge on any atom is -0.496 e. The SMILES string of the molecule is CCC(CN)Cc1ccc(OC)c(C)c1C. The second kappa shape index (κ2) is 5.90.